The zero-order valence-corrected chi connectivity index (χ0v) is 21.1. The Bertz CT molecular complexity index is 860. The lowest BCUT2D eigenvalue weighted by molar-refractivity contribution is -0.157. The van der Waals surface area contributed by atoms with Gasteiger partial charge in [0.25, 0.3) is 5.91 Å². The first kappa shape index (κ1) is 28.7. The summed E-state index contributed by atoms with van der Waals surface area (Å²) in [5.41, 5.74) is -2.98. The highest BCUT2D eigenvalue weighted by atomic mass is 16.6. The van der Waals surface area contributed by atoms with Crippen LogP contribution in [0.3, 0.4) is 0 Å². The fraction of sp³-hybridized carbons (Fsp3) is 0.583. The molecule has 1 aromatic rings. The maximum atomic E-state index is 13.3. The maximum Gasteiger partial charge on any atom is 0.408 e. The summed E-state index contributed by atoms with van der Waals surface area (Å²) in [5.74, 6) is -2.33. The van der Waals surface area contributed by atoms with Crippen molar-refractivity contribution in [3.63, 3.8) is 0 Å². The van der Waals surface area contributed by atoms with E-state index in [2.05, 4.69) is 10.6 Å². The van der Waals surface area contributed by atoms with Crippen LogP contribution in [0.4, 0.5) is 9.59 Å². The number of amides is 3. The molecular formula is C24H37N3O7. The van der Waals surface area contributed by atoms with Gasteiger partial charge in [-0.25, -0.2) is 14.4 Å². The molecule has 1 unspecified atom stereocenters. The van der Waals surface area contributed by atoms with E-state index in [4.69, 9.17) is 9.47 Å². The zero-order valence-electron chi connectivity index (χ0n) is 21.1. The van der Waals surface area contributed by atoms with E-state index < -0.39 is 40.7 Å². The average Bonchev–Trinajstić information content (AvgIpc) is 2.72. The first-order valence-electron chi connectivity index (χ1n) is 11.1. The summed E-state index contributed by atoms with van der Waals surface area (Å²) in [6.07, 6.45) is -1.91. The normalized spacial score (nSPS) is 13.3. The molecule has 1 rings (SSSR count). The lowest BCUT2D eigenvalue weighted by Gasteiger charge is -2.39. The van der Waals surface area contributed by atoms with E-state index in [-0.39, 0.29) is 26.0 Å². The topological polar surface area (TPSA) is 134 Å². The van der Waals surface area contributed by atoms with E-state index in [1.165, 1.54) is 11.9 Å². The number of nitrogens with one attached hydrogen (secondary N) is 2. The molecule has 0 aliphatic carbocycles. The molecule has 3 N–H and O–H groups in total. The van der Waals surface area contributed by atoms with E-state index in [9.17, 15) is 24.3 Å². The number of hydrogen-bond donors (Lipinski definition) is 3. The lowest BCUT2D eigenvalue weighted by Crippen LogP contribution is -2.66. The molecule has 0 aromatic heterocycles. The molecule has 190 valence electrons. The third-order valence-corrected chi connectivity index (χ3v) is 4.97. The third-order valence-electron chi connectivity index (χ3n) is 4.97. The first-order valence-corrected chi connectivity index (χ1v) is 11.1. The van der Waals surface area contributed by atoms with E-state index in [1.807, 2.05) is 6.07 Å². The lowest BCUT2D eigenvalue weighted by atomic mass is 9.89. The van der Waals surface area contributed by atoms with E-state index in [0.717, 1.165) is 0 Å². The SMILES string of the molecule is CN(C(=O)C(CCCNC(=O)OC(C)(C)C)(NC(=O)OCc1ccccc1)C(=O)O)C(C)(C)C. The Morgan fingerprint density at radius 1 is 0.971 bits per heavy atom. The van der Waals surface area contributed by atoms with Crippen molar-refractivity contribution >= 4 is 24.1 Å². The van der Waals surface area contributed by atoms with Crippen molar-refractivity contribution in [2.45, 2.75) is 77.7 Å². The van der Waals surface area contributed by atoms with Crippen LogP contribution in [0, 0.1) is 0 Å². The second-order valence-electron chi connectivity index (χ2n) is 9.96. The van der Waals surface area contributed by atoms with Gasteiger partial charge in [0.15, 0.2) is 0 Å². The summed E-state index contributed by atoms with van der Waals surface area (Å²) in [7, 11) is 1.47. The van der Waals surface area contributed by atoms with Crippen LogP contribution in [-0.2, 0) is 25.7 Å². The molecule has 0 aliphatic rings. The van der Waals surface area contributed by atoms with Crippen LogP contribution in [0.5, 0.6) is 0 Å². The Labute approximate surface area is 201 Å². The third kappa shape index (κ3) is 8.92. The predicted octanol–water partition coefficient (Wildman–Crippen LogP) is 3.30. The quantitative estimate of drug-likeness (QED) is 0.365. The second-order valence-corrected chi connectivity index (χ2v) is 9.96. The number of carboxylic acids is 1. The Balaban J connectivity index is 3.01. The number of benzene rings is 1. The van der Waals surface area contributed by atoms with Crippen molar-refractivity contribution in [2.24, 2.45) is 0 Å². The largest absolute Gasteiger partial charge is 0.479 e. The molecule has 0 bridgehead atoms. The van der Waals surface area contributed by atoms with Crippen molar-refractivity contribution < 1.29 is 33.8 Å². The van der Waals surface area contributed by atoms with E-state index in [0.29, 0.717) is 5.56 Å². The summed E-state index contributed by atoms with van der Waals surface area (Å²) >= 11 is 0. The van der Waals surface area contributed by atoms with Crippen LogP contribution in [-0.4, -0.2) is 64.3 Å². The minimum atomic E-state index is -2.29. The van der Waals surface area contributed by atoms with Gasteiger partial charge in [0.05, 0.1) is 0 Å². The van der Waals surface area contributed by atoms with Gasteiger partial charge in [-0.2, -0.15) is 0 Å². The zero-order chi connectivity index (χ0) is 26.2. The summed E-state index contributed by atoms with van der Waals surface area (Å²) in [6, 6.07) is 8.86. The molecule has 0 aliphatic heterocycles. The Kier molecular flexibility index (Phi) is 9.90. The van der Waals surface area contributed by atoms with Gasteiger partial charge < -0.3 is 24.8 Å². The van der Waals surface area contributed by atoms with E-state index in [1.54, 1.807) is 65.8 Å². The predicted molar refractivity (Wildman–Crippen MR) is 126 cm³/mol. The monoisotopic (exact) mass is 479 g/mol. The number of rotatable bonds is 9. The molecule has 0 heterocycles. The molecule has 0 saturated heterocycles. The highest BCUT2D eigenvalue weighted by Crippen LogP contribution is 2.23. The summed E-state index contributed by atoms with van der Waals surface area (Å²) < 4.78 is 10.3. The number of carbonyl (C=O) groups excluding carboxylic acids is 3. The minimum Gasteiger partial charge on any atom is -0.479 e. The van der Waals surface area contributed by atoms with Gasteiger partial charge >= 0.3 is 18.2 Å². The number of ether oxygens (including phenoxy) is 2. The Morgan fingerprint density at radius 3 is 2.06 bits per heavy atom. The van der Waals surface area contributed by atoms with Gasteiger partial charge in [-0.15, -0.1) is 0 Å². The molecule has 0 fully saturated rings. The standard InChI is InChI=1S/C24H37N3O7/c1-22(2,3)27(7)18(28)24(19(29)30,14-11-15-25-20(31)34-23(4,5)6)26-21(32)33-16-17-12-9-8-10-13-17/h8-10,12-13H,11,14-16H2,1-7H3,(H,25,31)(H,26,32)(H,29,30). The van der Waals surface area contributed by atoms with Gasteiger partial charge in [0.2, 0.25) is 5.54 Å². The molecule has 34 heavy (non-hydrogen) atoms. The van der Waals surface area contributed by atoms with Gasteiger partial charge in [0.1, 0.15) is 12.2 Å². The van der Waals surface area contributed by atoms with Crippen molar-refractivity contribution in [2.75, 3.05) is 13.6 Å². The van der Waals surface area contributed by atoms with Gasteiger partial charge in [-0.05, 0) is 59.9 Å². The van der Waals surface area contributed by atoms with Gasteiger partial charge in [-0.3, -0.25) is 10.1 Å². The second kappa shape index (κ2) is 11.7. The first-order chi connectivity index (χ1) is 15.6. The van der Waals surface area contributed by atoms with Crippen molar-refractivity contribution in [1.29, 1.82) is 0 Å². The smallest absolute Gasteiger partial charge is 0.408 e. The van der Waals surface area contributed by atoms with Crippen molar-refractivity contribution in [3.05, 3.63) is 35.9 Å². The van der Waals surface area contributed by atoms with Crippen LogP contribution in [0.25, 0.3) is 0 Å². The summed E-state index contributed by atoms with van der Waals surface area (Å²) in [4.78, 5) is 51.4. The van der Waals surface area contributed by atoms with Crippen LogP contribution >= 0.6 is 0 Å². The molecule has 1 aromatic carbocycles. The number of carboxylic acid groups (broad SMARTS) is 1. The van der Waals surface area contributed by atoms with Crippen LogP contribution < -0.4 is 10.6 Å². The number of aliphatic carboxylic acids is 1. The van der Waals surface area contributed by atoms with Crippen LogP contribution in [0.15, 0.2) is 30.3 Å². The molecule has 1 atom stereocenters. The van der Waals surface area contributed by atoms with E-state index >= 15 is 0 Å². The number of likely N-dealkylation sites (N-methyl/N-ethyl adjacent to an activating group) is 1. The van der Waals surface area contributed by atoms with Crippen LogP contribution in [0.2, 0.25) is 0 Å². The number of carbonyl (C=O) groups is 4. The van der Waals surface area contributed by atoms with Crippen molar-refractivity contribution in [1.82, 2.24) is 15.5 Å². The number of alkyl carbamates (subject to hydrolysis) is 2. The number of nitrogens with zero attached hydrogens (tertiary/aromatic N) is 1. The van der Waals surface area contributed by atoms with Gasteiger partial charge in [0, 0.05) is 19.1 Å². The molecule has 10 nitrogen and oxygen atoms in total. The molecule has 0 radical (unpaired) electrons. The average molecular weight is 480 g/mol. The summed E-state index contributed by atoms with van der Waals surface area (Å²) in [6.45, 7) is 10.3. The highest BCUT2D eigenvalue weighted by Gasteiger charge is 2.50. The summed E-state index contributed by atoms with van der Waals surface area (Å²) in [5, 5.41) is 14.9. The molecule has 0 spiro atoms. The maximum absolute atomic E-state index is 13.3. The molecule has 3 amide bonds. The fourth-order valence-corrected chi connectivity index (χ4v) is 2.86. The fourth-order valence-electron chi connectivity index (χ4n) is 2.86. The van der Waals surface area contributed by atoms with Gasteiger partial charge in [-0.1, -0.05) is 30.3 Å². The van der Waals surface area contributed by atoms with Crippen molar-refractivity contribution in [3.8, 4) is 0 Å². The minimum absolute atomic E-state index is 0.0389. The Morgan fingerprint density at radius 2 is 1.56 bits per heavy atom. The Hall–Kier alpha value is -3.30. The number of hydrogen-bond acceptors (Lipinski definition) is 6. The highest BCUT2D eigenvalue weighted by molar-refractivity contribution is 6.09. The molecular weight excluding hydrogens is 442 g/mol. The molecule has 10 heteroatoms. The molecule has 0 saturated carbocycles. The van der Waals surface area contributed by atoms with Crippen LogP contribution in [0.1, 0.15) is 59.9 Å².